The molecule has 0 amide bonds. The monoisotopic (exact) mass is 207 g/mol. The molecule has 0 aromatic carbocycles. The van der Waals surface area contributed by atoms with Gasteiger partial charge in [-0.25, -0.2) is 4.98 Å². The Hall–Kier alpha value is -1.32. The summed E-state index contributed by atoms with van der Waals surface area (Å²) in [6, 6.07) is 0. The van der Waals surface area contributed by atoms with Gasteiger partial charge in [0.15, 0.2) is 5.82 Å². The van der Waals surface area contributed by atoms with E-state index in [9.17, 15) is 4.79 Å². The van der Waals surface area contributed by atoms with Gasteiger partial charge in [-0.2, -0.15) is 0 Å². The molecule has 1 aromatic heterocycles. The lowest BCUT2D eigenvalue weighted by Gasteiger charge is -2.21. The molecule has 0 unspecified atom stereocenters. The van der Waals surface area contributed by atoms with Crippen LogP contribution in [-0.4, -0.2) is 16.5 Å². The van der Waals surface area contributed by atoms with Crippen LogP contribution in [-0.2, 0) is 0 Å². The maximum atomic E-state index is 11.3. The summed E-state index contributed by atoms with van der Waals surface area (Å²) in [6.45, 7) is 0.875. The summed E-state index contributed by atoms with van der Waals surface area (Å²) in [7, 11) is 0. The van der Waals surface area contributed by atoms with Crippen LogP contribution in [0.25, 0.3) is 0 Å². The Labute approximate surface area is 89.1 Å². The normalized spacial score (nSPS) is 17.6. The number of anilines is 1. The number of aromatic amines is 1. The van der Waals surface area contributed by atoms with Gasteiger partial charge >= 0.3 is 0 Å². The van der Waals surface area contributed by atoms with Crippen molar-refractivity contribution >= 4 is 5.82 Å². The number of nitrogens with one attached hydrogen (secondary N) is 2. The predicted octanol–water partition coefficient (Wildman–Crippen LogP) is 1.76. The van der Waals surface area contributed by atoms with Crippen LogP contribution < -0.4 is 10.9 Å². The fraction of sp³-hybridized carbons (Fsp3) is 0.636. The van der Waals surface area contributed by atoms with Crippen molar-refractivity contribution in [3.63, 3.8) is 0 Å². The van der Waals surface area contributed by atoms with Crippen molar-refractivity contribution in [2.75, 3.05) is 11.9 Å². The second kappa shape index (κ2) is 4.96. The minimum atomic E-state index is -0.131. The first-order chi connectivity index (χ1) is 7.36. The highest BCUT2D eigenvalue weighted by molar-refractivity contribution is 5.29. The van der Waals surface area contributed by atoms with E-state index < -0.39 is 0 Å². The third-order valence-electron chi connectivity index (χ3n) is 2.99. The first-order valence-corrected chi connectivity index (χ1v) is 5.64. The Kier molecular flexibility index (Phi) is 3.37. The molecule has 1 fully saturated rings. The molecule has 0 atom stereocenters. The van der Waals surface area contributed by atoms with Gasteiger partial charge in [0.1, 0.15) is 0 Å². The summed E-state index contributed by atoms with van der Waals surface area (Å²) in [5.74, 6) is 1.16. The van der Waals surface area contributed by atoms with Gasteiger partial charge in [-0.1, -0.05) is 19.3 Å². The standard InChI is InChI=1S/C11H17N3O/c15-11-10(12-6-7-13-11)14-8-9-4-2-1-3-5-9/h6-7,9H,1-5,8H2,(H,12,14)(H,13,15). The zero-order chi connectivity index (χ0) is 10.5. The summed E-state index contributed by atoms with van der Waals surface area (Å²) < 4.78 is 0. The largest absolute Gasteiger partial charge is 0.365 e. The average molecular weight is 207 g/mol. The molecule has 1 aliphatic carbocycles. The van der Waals surface area contributed by atoms with Gasteiger partial charge in [0.05, 0.1) is 0 Å². The maximum Gasteiger partial charge on any atom is 0.290 e. The number of hydrogen-bond donors (Lipinski definition) is 2. The van der Waals surface area contributed by atoms with Gasteiger partial charge in [0, 0.05) is 18.9 Å². The topological polar surface area (TPSA) is 57.8 Å². The van der Waals surface area contributed by atoms with Crippen LogP contribution >= 0.6 is 0 Å². The van der Waals surface area contributed by atoms with Crippen LogP contribution in [0.4, 0.5) is 5.82 Å². The Morgan fingerprint density at radius 2 is 2.20 bits per heavy atom. The van der Waals surface area contributed by atoms with E-state index in [1.54, 1.807) is 12.4 Å². The van der Waals surface area contributed by atoms with Crippen LogP contribution in [0.1, 0.15) is 32.1 Å². The highest BCUT2D eigenvalue weighted by Crippen LogP contribution is 2.23. The molecule has 0 saturated heterocycles. The molecule has 0 bridgehead atoms. The second-order valence-electron chi connectivity index (χ2n) is 4.15. The quantitative estimate of drug-likeness (QED) is 0.794. The van der Waals surface area contributed by atoms with Crippen LogP contribution in [0.15, 0.2) is 17.2 Å². The number of aromatic nitrogens is 2. The number of hydrogen-bond acceptors (Lipinski definition) is 3. The summed E-state index contributed by atoms with van der Waals surface area (Å²) in [5.41, 5.74) is -0.131. The van der Waals surface area contributed by atoms with E-state index in [1.165, 1.54) is 32.1 Å². The van der Waals surface area contributed by atoms with Crippen LogP contribution in [0, 0.1) is 5.92 Å². The number of nitrogens with zero attached hydrogens (tertiary/aromatic N) is 1. The molecule has 2 N–H and O–H groups in total. The van der Waals surface area contributed by atoms with E-state index >= 15 is 0 Å². The van der Waals surface area contributed by atoms with Crippen molar-refractivity contribution in [1.29, 1.82) is 0 Å². The maximum absolute atomic E-state index is 11.3. The van der Waals surface area contributed by atoms with Gasteiger partial charge < -0.3 is 10.3 Å². The Balaban J connectivity index is 1.87. The number of rotatable bonds is 3. The van der Waals surface area contributed by atoms with Crippen molar-refractivity contribution in [1.82, 2.24) is 9.97 Å². The van der Waals surface area contributed by atoms with Gasteiger partial charge in [-0.3, -0.25) is 4.79 Å². The summed E-state index contributed by atoms with van der Waals surface area (Å²) in [4.78, 5) is 17.9. The number of H-pyrrole nitrogens is 1. The highest BCUT2D eigenvalue weighted by Gasteiger charge is 2.13. The van der Waals surface area contributed by atoms with E-state index in [0.29, 0.717) is 11.7 Å². The van der Waals surface area contributed by atoms with E-state index in [-0.39, 0.29) is 5.56 Å². The lowest BCUT2D eigenvalue weighted by molar-refractivity contribution is 0.373. The second-order valence-corrected chi connectivity index (χ2v) is 4.15. The molecular weight excluding hydrogens is 190 g/mol. The molecule has 1 aromatic rings. The molecule has 1 heterocycles. The molecular formula is C11H17N3O. The SMILES string of the molecule is O=c1[nH]ccnc1NCC1CCCCC1. The third kappa shape index (κ3) is 2.81. The summed E-state index contributed by atoms with van der Waals surface area (Å²) >= 11 is 0. The average Bonchev–Trinajstić information content (AvgIpc) is 2.29. The molecule has 4 nitrogen and oxygen atoms in total. The van der Waals surface area contributed by atoms with E-state index in [4.69, 9.17) is 0 Å². The predicted molar refractivity (Wildman–Crippen MR) is 59.9 cm³/mol. The Bertz CT molecular complexity index is 355. The fourth-order valence-corrected chi connectivity index (χ4v) is 2.11. The zero-order valence-electron chi connectivity index (χ0n) is 8.83. The Morgan fingerprint density at radius 3 is 2.93 bits per heavy atom. The van der Waals surface area contributed by atoms with Crippen molar-refractivity contribution in [3.05, 3.63) is 22.7 Å². The molecule has 4 heteroatoms. The molecule has 0 aliphatic heterocycles. The lowest BCUT2D eigenvalue weighted by atomic mass is 9.89. The third-order valence-corrected chi connectivity index (χ3v) is 2.99. The smallest absolute Gasteiger partial charge is 0.290 e. The molecule has 1 saturated carbocycles. The van der Waals surface area contributed by atoms with Crippen LogP contribution in [0.5, 0.6) is 0 Å². The zero-order valence-corrected chi connectivity index (χ0v) is 8.83. The van der Waals surface area contributed by atoms with Gasteiger partial charge in [0.2, 0.25) is 0 Å². The van der Waals surface area contributed by atoms with Crippen LogP contribution in [0.2, 0.25) is 0 Å². The highest BCUT2D eigenvalue weighted by atomic mass is 16.1. The summed E-state index contributed by atoms with van der Waals surface area (Å²) in [6.07, 6.45) is 9.71. The van der Waals surface area contributed by atoms with Crippen molar-refractivity contribution < 1.29 is 0 Å². The lowest BCUT2D eigenvalue weighted by Crippen LogP contribution is -2.22. The van der Waals surface area contributed by atoms with Gasteiger partial charge in [0.25, 0.3) is 5.56 Å². The molecule has 0 spiro atoms. The molecule has 2 rings (SSSR count). The first-order valence-electron chi connectivity index (χ1n) is 5.64. The van der Waals surface area contributed by atoms with Gasteiger partial charge in [-0.15, -0.1) is 0 Å². The summed E-state index contributed by atoms with van der Waals surface area (Å²) in [5, 5.41) is 3.13. The molecule has 1 aliphatic rings. The first kappa shape index (κ1) is 10.2. The Morgan fingerprint density at radius 1 is 1.40 bits per heavy atom. The van der Waals surface area contributed by atoms with Gasteiger partial charge in [-0.05, 0) is 18.8 Å². The molecule has 15 heavy (non-hydrogen) atoms. The minimum absolute atomic E-state index is 0.131. The van der Waals surface area contributed by atoms with E-state index in [1.807, 2.05) is 0 Å². The fourth-order valence-electron chi connectivity index (χ4n) is 2.11. The molecule has 0 radical (unpaired) electrons. The van der Waals surface area contributed by atoms with E-state index in [0.717, 1.165) is 6.54 Å². The molecule has 82 valence electrons. The minimum Gasteiger partial charge on any atom is -0.365 e. The van der Waals surface area contributed by atoms with Crippen molar-refractivity contribution in [3.8, 4) is 0 Å². The van der Waals surface area contributed by atoms with Crippen LogP contribution in [0.3, 0.4) is 0 Å². The van der Waals surface area contributed by atoms with E-state index in [2.05, 4.69) is 15.3 Å². The van der Waals surface area contributed by atoms with Crippen molar-refractivity contribution in [2.45, 2.75) is 32.1 Å². The van der Waals surface area contributed by atoms with Crippen molar-refractivity contribution in [2.24, 2.45) is 5.92 Å².